The van der Waals surface area contributed by atoms with E-state index in [1.165, 1.54) is 30.0 Å². The normalized spacial score (nSPS) is 10.7. The van der Waals surface area contributed by atoms with E-state index in [1.807, 2.05) is 0 Å². The fourth-order valence-corrected chi connectivity index (χ4v) is 2.37. The van der Waals surface area contributed by atoms with Crippen LogP contribution < -0.4 is 0 Å². The first-order valence-corrected chi connectivity index (χ1v) is 7.06. The van der Waals surface area contributed by atoms with Crippen LogP contribution in [0.3, 0.4) is 0 Å². The van der Waals surface area contributed by atoms with Gasteiger partial charge in [-0.25, -0.2) is 4.39 Å². The Morgan fingerprint density at radius 3 is 2.95 bits per heavy atom. The molecule has 1 aromatic carbocycles. The molecule has 1 heterocycles. The molecule has 1 aromatic heterocycles. The molecular weight excluding hydrogens is 307 g/mol. The monoisotopic (exact) mass is 316 g/mol. The van der Waals surface area contributed by atoms with E-state index in [9.17, 15) is 9.18 Å². The molecule has 2 rings (SSSR count). The number of thioether (sulfide) groups is 1. The van der Waals surface area contributed by atoms with Crippen molar-refractivity contribution >= 4 is 29.3 Å². The number of carbonyl (C=O) groups is 1. The van der Waals surface area contributed by atoms with Crippen molar-refractivity contribution in [3.05, 3.63) is 29.0 Å². The minimum atomic E-state index is -0.838. The summed E-state index contributed by atoms with van der Waals surface area (Å²) in [6.07, 6.45) is 0.604. The van der Waals surface area contributed by atoms with Crippen molar-refractivity contribution in [1.29, 1.82) is 0 Å². The van der Waals surface area contributed by atoms with Gasteiger partial charge in [0.05, 0.1) is 10.6 Å². The maximum atomic E-state index is 12.9. The number of rotatable bonds is 6. The Labute approximate surface area is 123 Å². The van der Waals surface area contributed by atoms with Crippen LogP contribution in [-0.4, -0.2) is 27.0 Å². The van der Waals surface area contributed by atoms with Gasteiger partial charge in [0.15, 0.2) is 0 Å². The molecular formula is C12H10ClFN2O3S. The molecule has 0 saturated carbocycles. The molecule has 0 aliphatic heterocycles. The number of aromatic nitrogens is 2. The second-order valence-electron chi connectivity index (χ2n) is 3.84. The Kier molecular flexibility index (Phi) is 4.97. The molecule has 0 atom stereocenters. The predicted molar refractivity (Wildman–Crippen MR) is 72.3 cm³/mol. The Bertz CT molecular complexity index is 620. The van der Waals surface area contributed by atoms with Crippen LogP contribution in [0.2, 0.25) is 5.02 Å². The second-order valence-corrected chi connectivity index (χ2v) is 5.30. The number of carboxylic acids is 1. The fourth-order valence-electron chi connectivity index (χ4n) is 1.42. The van der Waals surface area contributed by atoms with Gasteiger partial charge in [0.1, 0.15) is 5.82 Å². The number of halogens is 2. The Morgan fingerprint density at radius 1 is 1.45 bits per heavy atom. The minimum Gasteiger partial charge on any atom is -0.481 e. The maximum Gasteiger partial charge on any atom is 0.303 e. The van der Waals surface area contributed by atoms with Gasteiger partial charge in [-0.05, 0) is 24.6 Å². The second kappa shape index (κ2) is 6.71. The van der Waals surface area contributed by atoms with Gasteiger partial charge in [0, 0.05) is 12.2 Å². The van der Waals surface area contributed by atoms with Crippen LogP contribution in [0.4, 0.5) is 4.39 Å². The topological polar surface area (TPSA) is 76.2 Å². The average Bonchev–Trinajstić information content (AvgIpc) is 2.83. The first-order chi connectivity index (χ1) is 9.56. The smallest absolute Gasteiger partial charge is 0.303 e. The summed E-state index contributed by atoms with van der Waals surface area (Å²) in [4.78, 5) is 10.4. The van der Waals surface area contributed by atoms with E-state index in [0.717, 1.165) is 0 Å². The summed E-state index contributed by atoms with van der Waals surface area (Å²) in [7, 11) is 0. The summed E-state index contributed by atoms with van der Waals surface area (Å²) in [5.41, 5.74) is 0.456. The highest BCUT2D eigenvalue weighted by atomic mass is 35.5. The Balaban J connectivity index is 1.99. The molecule has 0 aliphatic carbocycles. The van der Waals surface area contributed by atoms with E-state index in [1.54, 1.807) is 0 Å². The number of hydrogen-bond donors (Lipinski definition) is 1. The molecule has 5 nitrogen and oxygen atoms in total. The van der Waals surface area contributed by atoms with E-state index in [4.69, 9.17) is 21.1 Å². The molecule has 2 aromatic rings. The molecule has 0 bridgehead atoms. The van der Waals surface area contributed by atoms with Gasteiger partial charge >= 0.3 is 5.97 Å². The van der Waals surface area contributed by atoms with E-state index in [-0.39, 0.29) is 17.3 Å². The summed E-state index contributed by atoms with van der Waals surface area (Å²) < 4.78 is 18.3. The zero-order chi connectivity index (χ0) is 14.5. The quantitative estimate of drug-likeness (QED) is 0.649. The lowest BCUT2D eigenvalue weighted by molar-refractivity contribution is -0.137. The summed E-state index contributed by atoms with van der Waals surface area (Å²) in [5, 5.41) is 16.7. The number of hydrogen-bond acceptors (Lipinski definition) is 5. The van der Waals surface area contributed by atoms with Crippen LogP contribution in [0.1, 0.15) is 12.8 Å². The highest BCUT2D eigenvalue weighted by Gasteiger charge is 2.13. The number of benzene rings is 1. The third-order valence-electron chi connectivity index (χ3n) is 2.33. The molecule has 0 amide bonds. The SMILES string of the molecule is O=C(O)CCCSc1nnc(-c2ccc(F)cc2Cl)o1. The van der Waals surface area contributed by atoms with Crippen LogP contribution in [0.15, 0.2) is 27.8 Å². The number of nitrogens with zero attached hydrogens (tertiary/aromatic N) is 2. The van der Waals surface area contributed by atoms with E-state index < -0.39 is 11.8 Å². The number of carboxylic acid groups (broad SMARTS) is 1. The summed E-state index contributed by atoms with van der Waals surface area (Å²) in [6.45, 7) is 0. The third kappa shape index (κ3) is 3.94. The molecule has 1 N–H and O–H groups in total. The molecule has 0 spiro atoms. The highest BCUT2D eigenvalue weighted by Crippen LogP contribution is 2.29. The van der Waals surface area contributed by atoms with Crippen molar-refractivity contribution in [3.8, 4) is 11.5 Å². The van der Waals surface area contributed by atoms with Crippen molar-refractivity contribution in [1.82, 2.24) is 10.2 Å². The zero-order valence-electron chi connectivity index (χ0n) is 10.2. The summed E-state index contributed by atoms with van der Waals surface area (Å²) in [6, 6.07) is 3.88. The zero-order valence-corrected chi connectivity index (χ0v) is 11.7. The first-order valence-electron chi connectivity index (χ1n) is 5.70. The summed E-state index contributed by atoms with van der Waals surface area (Å²) >= 11 is 7.16. The van der Waals surface area contributed by atoms with Gasteiger partial charge < -0.3 is 9.52 Å². The minimum absolute atomic E-state index is 0.0950. The van der Waals surface area contributed by atoms with Crippen LogP contribution >= 0.6 is 23.4 Å². The molecule has 0 saturated heterocycles. The lowest BCUT2D eigenvalue weighted by Gasteiger charge is -1.98. The van der Waals surface area contributed by atoms with Crippen LogP contribution in [0, 0.1) is 5.82 Å². The number of aliphatic carboxylic acids is 1. The lowest BCUT2D eigenvalue weighted by Crippen LogP contribution is -1.94. The van der Waals surface area contributed by atoms with E-state index >= 15 is 0 Å². The van der Waals surface area contributed by atoms with Gasteiger partial charge in [0.25, 0.3) is 5.22 Å². The van der Waals surface area contributed by atoms with Crippen molar-refractivity contribution in [3.63, 3.8) is 0 Å². The molecule has 0 aliphatic rings. The van der Waals surface area contributed by atoms with Gasteiger partial charge in [-0.2, -0.15) is 0 Å². The predicted octanol–water partition coefficient (Wildman–Crippen LogP) is 3.49. The van der Waals surface area contributed by atoms with Crippen molar-refractivity contribution in [2.75, 3.05) is 5.75 Å². The maximum absolute atomic E-state index is 12.9. The van der Waals surface area contributed by atoms with E-state index in [2.05, 4.69) is 10.2 Å². The van der Waals surface area contributed by atoms with Crippen molar-refractivity contribution in [2.24, 2.45) is 0 Å². The van der Waals surface area contributed by atoms with Crippen LogP contribution in [-0.2, 0) is 4.79 Å². The first kappa shape index (κ1) is 14.8. The standard InChI is InChI=1S/C12H10ClFN2O3S/c13-9-6-7(14)3-4-8(9)11-15-16-12(19-11)20-5-1-2-10(17)18/h3-4,6H,1-2,5H2,(H,17,18). The Morgan fingerprint density at radius 2 is 2.25 bits per heavy atom. The van der Waals surface area contributed by atoms with Gasteiger partial charge in [-0.1, -0.05) is 23.4 Å². The largest absolute Gasteiger partial charge is 0.481 e. The van der Waals surface area contributed by atoms with Crippen molar-refractivity contribution < 1.29 is 18.7 Å². The molecule has 106 valence electrons. The molecule has 8 heteroatoms. The van der Waals surface area contributed by atoms with Crippen LogP contribution in [0.25, 0.3) is 11.5 Å². The molecule has 0 fully saturated rings. The van der Waals surface area contributed by atoms with Gasteiger partial charge in [0.2, 0.25) is 5.89 Å². The Hall–Kier alpha value is -1.60. The lowest BCUT2D eigenvalue weighted by atomic mass is 10.2. The van der Waals surface area contributed by atoms with Gasteiger partial charge in [-0.15, -0.1) is 10.2 Å². The van der Waals surface area contributed by atoms with E-state index in [0.29, 0.717) is 23.0 Å². The van der Waals surface area contributed by atoms with Gasteiger partial charge in [-0.3, -0.25) is 4.79 Å². The highest BCUT2D eigenvalue weighted by molar-refractivity contribution is 7.99. The molecule has 0 unspecified atom stereocenters. The fraction of sp³-hybridized carbons (Fsp3) is 0.250. The van der Waals surface area contributed by atoms with Crippen molar-refractivity contribution in [2.45, 2.75) is 18.1 Å². The third-order valence-corrected chi connectivity index (χ3v) is 3.55. The molecule has 20 heavy (non-hydrogen) atoms. The van der Waals surface area contributed by atoms with Crippen LogP contribution in [0.5, 0.6) is 0 Å². The average molecular weight is 317 g/mol. The molecule has 0 radical (unpaired) electrons. The summed E-state index contributed by atoms with van der Waals surface area (Å²) in [5.74, 6) is -0.516.